The van der Waals surface area contributed by atoms with Gasteiger partial charge in [-0.2, -0.15) is 0 Å². The van der Waals surface area contributed by atoms with Crippen molar-refractivity contribution >= 4 is 11.8 Å². The molecule has 2 aliphatic rings. The highest BCUT2D eigenvalue weighted by Gasteiger charge is 2.35. The van der Waals surface area contributed by atoms with Crippen LogP contribution in [0.15, 0.2) is 48.5 Å². The molecule has 1 aliphatic heterocycles. The standard InChI is InChI=1S/C23H27N3O2/c1-15-6-8-16(9-7-15)22(17-10-11-17)25-21(27)14-26-13-19-5-3-2-4-18(19)12-20(26)23(24)28/h2-9,17,20,22H,10-14H2,1H3,(H2,24,28)(H,25,27)/t20-,22-/m0/s1. The lowest BCUT2D eigenvalue weighted by atomic mass is 9.93. The fourth-order valence-electron chi connectivity index (χ4n) is 4.10. The summed E-state index contributed by atoms with van der Waals surface area (Å²) in [5, 5.41) is 3.21. The second-order valence-electron chi connectivity index (χ2n) is 8.09. The molecule has 0 unspecified atom stereocenters. The van der Waals surface area contributed by atoms with Crippen molar-refractivity contribution in [3.8, 4) is 0 Å². The van der Waals surface area contributed by atoms with Crippen LogP contribution in [0.25, 0.3) is 0 Å². The van der Waals surface area contributed by atoms with E-state index >= 15 is 0 Å². The van der Waals surface area contributed by atoms with Crippen molar-refractivity contribution in [1.29, 1.82) is 0 Å². The number of aryl methyl sites for hydroxylation is 1. The molecule has 2 atom stereocenters. The van der Waals surface area contributed by atoms with Crippen LogP contribution in [0, 0.1) is 12.8 Å². The number of hydrogen-bond donors (Lipinski definition) is 2. The number of hydrogen-bond acceptors (Lipinski definition) is 3. The average Bonchev–Trinajstić information content (AvgIpc) is 3.51. The molecular formula is C23H27N3O2. The van der Waals surface area contributed by atoms with E-state index in [9.17, 15) is 9.59 Å². The first-order chi connectivity index (χ1) is 13.5. The van der Waals surface area contributed by atoms with Crippen molar-refractivity contribution in [2.45, 2.75) is 44.8 Å². The minimum atomic E-state index is -0.445. The second kappa shape index (κ2) is 7.76. The lowest BCUT2D eigenvalue weighted by Crippen LogP contribution is -2.52. The maximum absolute atomic E-state index is 12.9. The molecule has 146 valence electrons. The van der Waals surface area contributed by atoms with E-state index in [1.807, 2.05) is 23.1 Å². The van der Waals surface area contributed by atoms with Crippen molar-refractivity contribution in [2.75, 3.05) is 6.54 Å². The Balaban J connectivity index is 1.47. The van der Waals surface area contributed by atoms with Crippen molar-refractivity contribution in [1.82, 2.24) is 10.2 Å². The van der Waals surface area contributed by atoms with Gasteiger partial charge in [0.05, 0.1) is 18.6 Å². The minimum Gasteiger partial charge on any atom is -0.368 e. The first-order valence-corrected chi connectivity index (χ1v) is 9.97. The van der Waals surface area contributed by atoms with Gasteiger partial charge in [-0.3, -0.25) is 14.5 Å². The van der Waals surface area contributed by atoms with E-state index in [0.29, 0.717) is 18.9 Å². The summed E-state index contributed by atoms with van der Waals surface area (Å²) < 4.78 is 0. The van der Waals surface area contributed by atoms with E-state index in [4.69, 9.17) is 5.73 Å². The van der Waals surface area contributed by atoms with Gasteiger partial charge in [-0.1, -0.05) is 54.1 Å². The molecule has 5 heteroatoms. The van der Waals surface area contributed by atoms with Gasteiger partial charge in [0.1, 0.15) is 0 Å². The molecule has 1 saturated carbocycles. The molecule has 0 radical (unpaired) electrons. The zero-order valence-electron chi connectivity index (χ0n) is 16.2. The van der Waals surface area contributed by atoms with E-state index in [0.717, 1.165) is 29.5 Å². The molecule has 1 heterocycles. The Bertz CT molecular complexity index is 874. The van der Waals surface area contributed by atoms with Crippen LogP contribution < -0.4 is 11.1 Å². The summed E-state index contributed by atoms with van der Waals surface area (Å²) in [4.78, 5) is 26.8. The van der Waals surface area contributed by atoms with Gasteiger partial charge in [-0.25, -0.2) is 0 Å². The number of amides is 2. The van der Waals surface area contributed by atoms with Crippen molar-refractivity contribution in [3.05, 3.63) is 70.8 Å². The van der Waals surface area contributed by atoms with Gasteiger partial charge in [0.25, 0.3) is 0 Å². The Hall–Kier alpha value is -2.66. The topological polar surface area (TPSA) is 75.4 Å². The van der Waals surface area contributed by atoms with Crippen LogP contribution in [0.2, 0.25) is 0 Å². The van der Waals surface area contributed by atoms with E-state index in [1.165, 1.54) is 5.56 Å². The highest BCUT2D eigenvalue weighted by atomic mass is 16.2. The number of benzene rings is 2. The van der Waals surface area contributed by atoms with E-state index in [2.05, 4.69) is 42.6 Å². The quantitative estimate of drug-likeness (QED) is 0.812. The Morgan fingerprint density at radius 2 is 1.79 bits per heavy atom. The Labute approximate surface area is 165 Å². The third-order valence-electron chi connectivity index (χ3n) is 5.87. The molecule has 1 aliphatic carbocycles. The SMILES string of the molecule is Cc1ccc([C@H](NC(=O)CN2Cc3ccccc3C[C@H]2C(N)=O)C2CC2)cc1. The molecule has 2 amide bonds. The van der Waals surface area contributed by atoms with Gasteiger partial charge in [0.15, 0.2) is 0 Å². The third kappa shape index (κ3) is 4.09. The molecular weight excluding hydrogens is 350 g/mol. The fraction of sp³-hybridized carbons (Fsp3) is 0.391. The van der Waals surface area contributed by atoms with Crippen molar-refractivity contribution in [3.63, 3.8) is 0 Å². The number of primary amides is 1. The third-order valence-corrected chi connectivity index (χ3v) is 5.87. The first kappa shape index (κ1) is 18.7. The smallest absolute Gasteiger partial charge is 0.235 e. The van der Waals surface area contributed by atoms with Crippen molar-refractivity contribution in [2.24, 2.45) is 11.7 Å². The summed E-state index contributed by atoms with van der Waals surface area (Å²) in [6.07, 6.45) is 2.84. The second-order valence-corrected chi connectivity index (χ2v) is 8.09. The van der Waals surface area contributed by atoms with Gasteiger partial charge in [0, 0.05) is 6.54 Å². The molecule has 5 nitrogen and oxygen atoms in total. The molecule has 2 aromatic rings. The molecule has 0 aromatic heterocycles. The summed E-state index contributed by atoms with van der Waals surface area (Å²) in [7, 11) is 0. The predicted octanol–water partition coefficient (Wildman–Crippen LogP) is 2.47. The minimum absolute atomic E-state index is 0.0391. The molecule has 3 N–H and O–H groups in total. The molecule has 0 spiro atoms. The van der Waals surface area contributed by atoms with E-state index in [-0.39, 0.29) is 24.4 Å². The van der Waals surface area contributed by atoms with Crippen LogP contribution in [0.1, 0.15) is 41.1 Å². The number of carbonyl (C=O) groups excluding carboxylic acids is 2. The zero-order chi connectivity index (χ0) is 19.7. The van der Waals surface area contributed by atoms with Crippen LogP contribution in [0.3, 0.4) is 0 Å². The molecule has 4 rings (SSSR count). The number of rotatable bonds is 6. The van der Waals surface area contributed by atoms with Gasteiger partial charge >= 0.3 is 0 Å². The summed E-state index contributed by atoms with van der Waals surface area (Å²) in [5.41, 5.74) is 10.3. The van der Waals surface area contributed by atoms with Crippen LogP contribution in [-0.2, 0) is 22.6 Å². The van der Waals surface area contributed by atoms with Crippen LogP contribution in [-0.4, -0.2) is 29.3 Å². The maximum Gasteiger partial charge on any atom is 0.235 e. The Morgan fingerprint density at radius 3 is 2.43 bits per heavy atom. The Morgan fingerprint density at radius 1 is 1.11 bits per heavy atom. The van der Waals surface area contributed by atoms with Gasteiger partial charge < -0.3 is 11.1 Å². The number of carbonyl (C=O) groups is 2. The largest absolute Gasteiger partial charge is 0.368 e. The number of fused-ring (bicyclic) bond motifs is 1. The number of nitrogens with zero attached hydrogens (tertiary/aromatic N) is 1. The van der Waals surface area contributed by atoms with Crippen LogP contribution in [0.4, 0.5) is 0 Å². The maximum atomic E-state index is 12.9. The highest BCUT2D eigenvalue weighted by molar-refractivity contribution is 5.83. The van der Waals surface area contributed by atoms with E-state index < -0.39 is 6.04 Å². The monoisotopic (exact) mass is 377 g/mol. The van der Waals surface area contributed by atoms with Crippen LogP contribution in [0.5, 0.6) is 0 Å². The summed E-state index contributed by atoms with van der Waals surface area (Å²) in [5.74, 6) is 0.0726. The normalized spacial score (nSPS) is 20.2. The summed E-state index contributed by atoms with van der Waals surface area (Å²) in [6, 6.07) is 16.0. The Kier molecular flexibility index (Phi) is 5.18. The molecule has 28 heavy (non-hydrogen) atoms. The zero-order valence-corrected chi connectivity index (χ0v) is 16.2. The first-order valence-electron chi connectivity index (χ1n) is 9.97. The van der Waals surface area contributed by atoms with Crippen molar-refractivity contribution < 1.29 is 9.59 Å². The fourth-order valence-corrected chi connectivity index (χ4v) is 4.10. The highest BCUT2D eigenvalue weighted by Crippen LogP contribution is 2.41. The number of nitrogens with one attached hydrogen (secondary N) is 1. The van der Waals surface area contributed by atoms with Gasteiger partial charge in [-0.15, -0.1) is 0 Å². The molecule has 2 aromatic carbocycles. The van der Waals surface area contributed by atoms with Gasteiger partial charge in [-0.05, 0) is 48.8 Å². The summed E-state index contributed by atoms with van der Waals surface area (Å²) in [6.45, 7) is 2.81. The summed E-state index contributed by atoms with van der Waals surface area (Å²) >= 11 is 0. The number of nitrogens with two attached hydrogens (primary N) is 1. The average molecular weight is 377 g/mol. The molecule has 0 saturated heterocycles. The van der Waals surface area contributed by atoms with Gasteiger partial charge in [0.2, 0.25) is 11.8 Å². The lowest BCUT2D eigenvalue weighted by molar-refractivity contribution is -0.128. The lowest BCUT2D eigenvalue weighted by Gasteiger charge is -2.35. The molecule has 0 bridgehead atoms. The van der Waals surface area contributed by atoms with Crippen LogP contribution >= 0.6 is 0 Å². The molecule has 1 fully saturated rings. The van der Waals surface area contributed by atoms with E-state index in [1.54, 1.807) is 0 Å². The predicted molar refractivity (Wildman–Crippen MR) is 108 cm³/mol.